The van der Waals surface area contributed by atoms with Crippen molar-refractivity contribution in [1.29, 1.82) is 0 Å². The van der Waals surface area contributed by atoms with Crippen LogP contribution in [0.15, 0.2) is 23.7 Å². The van der Waals surface area contributed by atoms with Gasteiger partial charge in [-0.2, -0.15) is 0 Å². The monoisotopic (exact) mass is 236 g/mol. The van der Waals surface area contributed by atoms with Crippen LogP contribution in [0.5, 0.6) is 0 Å². The van der Waals surface area contributed by atoms with Crippen molar-refractivity contribution in [2.75, 3.05) is 13.2 Å². The summed E-state index contributed by atoms with van der Waals surface area (Å²) in [4.78, 5) is 4.37. The molecular weight excluding hydrogens is 220 g/mol. The molecule has 2 N–H and O–H groups in total. The van der Waals surface area contributed by atoms with E-state index in [0.717, 1.165) is 24.1 Å². The minimum absolute atomic E-state index is 0.0782. The second-order valence-electron chi connectivity index (χ2n) is 3.75. The smallest absolute Gasteiger partial charge is 0.0809 e. The highest BCUT2D eigenvalue weighted by atomic mass is 32.1. The highest BCUT2D eigenvalue weighted by molar-refractivity contribution is 7.17. The van der Waals surface area contributed by atoms with Gasteiger partial charge in [-0.1, -0.05) is 6.92 Å². The molecule has 0 radical (unpaired) electrons. The quantitative estimate of drug-likeness (QED) is 0.812. The summed E-state index contributed by atoms with van der Waals surface area (Å²) in [6, 6.07) is 4.04. The van der Waals surface area contributed by atoms with Gasteiger partial charge in [-0.05, 0) is 29.5 Å². The lowest BCUT2D eigenvalue weighted by Gasteiger charge is -2.11. The fourth-order valence-corrected chi connectivity index (χ4v) is 2.30. The van der Waals surface area contributed by atoms with E-state index in [1.807, 2.05) is 17.6 Å². The molecule has 0 saturated carbocycles. The molecule has 4 heteroatoms. The normalized spacial score (nSPS) is 13.1. The highest BCUT2D eigenvalue weighted by Crippen LogP contribution is 2.21. The van der Waals surface area contributed by atoms with Gasteiger partial charge in [0.05, 0.1) is 22.9 Å². The molecule has 0 fully saturated rings. The Kier molecular flexibility index (Phi) is 3.88. The SMILES string of the molecule is CCCOCC(N)c1cnc2ccsc2c1. The molecule has 2 aromatic heterocycles. The van der Waals surface area contributed by atoms with Crippen molar-refractivity contribution < 1.29 is 4.74 Å². The van der Waals surface area contributed by atoms with Crippen LogP contribution in [0.3, 0.4) is 0 Å². The van der Waals surface area contributed by atoms with Crippen molar-refractivity contribution in [2.24, 2.45) is 5.73 Å². The van der Waals surface area contributed by atoms with Crippen molar-refractivity contribution in [1.82, 2.24) is 4.98 Å². The first-order chi connectivity index (χ1) is 7.81. The standard InChI is InChI=1S/C12H16N2OS/c1-2-4-15-8-10(13)9-6-12-11(14-7-9)3-5-16-12/h3,5-7,10H,2,4,8,13H2,1H3. The van der Waals surface area contributed by atoms with Gasteiger partial charge >= 0.3 is 0 Å². The Balaban J connectivity index is 2.07. The molecule has 0 saturated heterocycles. The number of nitrogens with two attached hydrogens (primary N) is 1. The average molecular weight is 236 g/mol. The van der Waals surface area contributed by atoms with E-state index < -0.39 is 0 Å². The Bertz CT molecular complexity index is 455. The molecule has 0 aliphatic carbocycles. The maximum absolute atomic E-state index is 6.04. The number of hydrogen-bond acceptors (Lipinski definition) is 4. The lowest BCUT2D eigenvalue weighted by molar-refractivity contribution is 0.121. The number of hydrogen-bond donors (Lipinski definition) is 1. The van der Waals surface area contributed by atoms with E-state index in [1.54, 1.807) is 11.3 Å². The summed E-state index contributed by atoms with van der Waals surface area (Å²) in [5.74, 6) is 0. The summed E-state index contributed by atoms with van der Waals surface area (Å²) < 4.78 is 6.63. The van der Waals surface area contributed by atoms with Crippen LogP contribution in [0.25, 0.3) is 10.2 Å². The molecule has 0 aromatic carbocycles. The van der Waals surface area contributed by atoms with E-state index in [-0.39, 0.29) is 6.04 Å². The molecule has 0 spiro atoms. The minimum Gasteiger partial charge on any atom is -0.379 e. The van der Waals surface area contributed by atoms with Crippen LogP contribution in [0.4, 0.5) is 0 Å². The predicted molar refractivity (Wildman–Crippen MR) is 67.7 cm³/mol. The van der Waals surface area contributed by atoms with Gasteiger partial charge in [-0.15, -0.1) is 11.3 Å². The lowest BCUT2D eigenvalue weighted by Crippen LogP contribution is -2.17. The zero-order valence-electron chi connectivity index (χ0n) is 9.35. The number of nitrogens with zero attached hydrogens (tertiary/aromatic N) is 1. The Morgan fingerprint density at radius 2 is 2.44 bits per heavy atom. The van der Waals surface area contributed by atoms with Crippen LogP contribution in [-0.2, 0) is 4.74 Å². The second kappa shape index (κ2) is 5.39. The van der Waals surface area contributed by atoms with E-state index in [9.17, 15) is 0 Å². The number of pyridine rings is 1. The topological polar surface area (TPSA) is 48.1 Å². The van der Waals surface area contributed by atoms with E-state index in [0.29, 0.717) is 6.61 Å². The van der Waals surface area contributed by atoms with Gasteiger partial charge in [-0.3, -0.25) is 4.98 Å². The highest BCUT2D eigenvalue weighted by Gasteiger charge is 2.07. The summed E-state index contributed by atoms with van der Waals surface area (Å²) in [7, 11) is 0. The summed E-state index contributed by atoms with van der Waals surface area (Å²) in [6.45, 7) is 3.42. The van der Waals surface area contributed by atoms with E-state index in [4.69, 9.17) is 10.5 Å². The van der Waals surface area contributed by atoms with E-state index >= 15 is 0 Å². The second-order valence-corrected chi connectivity index (χ2v) is 4.70. The maximum atomic E-state index is 6.04. The summed E-state index contributed by atoms with van der Waals surface area (Å²) in [5, 5.41) is 2.04. The first kappa shape index (κ1) is 11.5. The van der Waals surface area contributed by atoms with Gasteiger partial charge in [0.2, 0.25) is 0 Å². The molecule has 16 heavy (non-hydrogen) atoms. The van der Waals surface area contributed by atoms with Crippen LogP contribution >= 0.6 is 11.3 Å². The fourth-order valence-electron chi connectivity index (χ4n) is 1.52. The molecule has 2 heterocycles. The average Bonchev–Trinajstić information content (AvgIpc) is 2.76. The summed E-state index contributed by atoms with van der Waals surface area (Å²) >= 11 is 1.69. The number of aromatic nitrogens is 1. The first-order valence-corrected chi connectivity index (χ1v) is 6.35. The number of rotatable bonds is 5. The molecule has 3 nitrogen and oxygen atoms in total. The van der Waals surface area contributed by atoms with Gasteiger partial charge < -0.3 is 10.5 Å². The Morgan fingerprint density at radius 1 is 1.56 bits per heavy atom. The van der Waals surface area contributed by atoms with Gasteiger partial charge in [0.25, 0.3) is 0 Å². The van der Waals surface area contributed by atoms with E-state index in [2.05, 4.69) is 18.0 Å². The number of fused-ring (bicyclic) bond motifs is 1. The molecule has 2 rings (SSSR count). The van der Waals surface area contributed by atoms with Crippen molar-refractivity contribution >= 4 is 21.6 Å². The molecule has 1 unspecified atom stereocenters. The molecule has 86 valence electrons. The minimum atomic E-state index is -0.0782. The maximum Gasteiger partial charge on any atom is 0.0809 e. The Morgan fingerprint density at radius 3 is 3.25 bits per heavy atom. The fraction of sp³-hybridized carbons (Fsp3) is 0.417. The van der Waals surface area contributed by atoms with Crippen LogP contribution < -0.4 is 5.73 Å². The van der Waals surface area contributed by atoms with Gasteiger partial charge in [-0.25, -0.2) is 0 Å². The molecule has 0 aliphatic rings. The van der Waals surface area contributed by atoms with Crippen molar-refractivity contribution in [3.8, 4) is 0 Å². The largest absolute Gasteiger partial charge is 0.379 e. The van der Waals surface area contributed by atoms with Gasteiger partial charge in [0, 0.05) is 12.8 Å². The van der Waals surface area contributed by atoms with Crippen molar-refractivity contribution in [2.45, 2.75) is 19.4 Å². The van der Waals surface area contributed by atoms with Gasteiger partial charge in [0.1, 0.15) is 0 Å². The van der Waals surface area contributed by atoms with Gasteiger partial charge in [0.15, 0.2) is 0 Å². The van der Waals surface area contributed by atoms with Crippen LogP contribution in [-0.4, -0.2) is 18.2 Å². The summed E-state index contributed by atoms with van der Waals surface area (Å²) in [6.07, 6.45) is 2.87. The Labute approximate surface area is 99.3 Å². The molecule has 1 atom stereocenters. The van der Waals surface area contributed by atoms with Crippen molar-refractivity contribution in [3.05, 3.63) is 29.3 Å². The predicted octanol–water partition coefficient (Wildman–Crippen LogP) is 2.72. The zero-order valence-corrected chi connectivity index (χ0v) is 10.2. The molecule has 2 aromatic rings. The van der Waals surface area contributed by atoms with Crippen LogP contribution in [0, 0.1) is 0 Å². The molecular formula is C12H16N2OS. The number of ether oxygens (including phenoxy) is 1. The van der Waals surface area contributed by atoms with Crippen LogP contribution in [0.1, 0.15) is 24.9 Å². The third-order valence-electron chi connectivity index (χ3n) is 2.40. The lowest BCUT2D eigenvalue weighted by atomic mass is 10.1. The third kappa shape index (κ3) is 2.58. The molecule has 0 bridgehead atoms. The van der Waals surface area contributed by atoms with Crippen molar-refractivity contribution in [3.63, 3.8) is 0 Å². The summed E-state index contributed by atoms with van der Waals surface area (Å²) in [5.41, 5.74) is 8.12. The third-order valence-corrected chi connectivity index (χ3v) is 3.25. The first-order valence-electron chi connectivity index (χ1n) is 5.47. The zero-order chi connectivity index (χ0) is 11.4. The molecule has 0 aliphatic heterocycles. The van der Waals surface area contributed by atoms with Crippen LogP contribution in [0.2, 0.25) is 0 Å². The van der Waals surface area contributed by atoms with E-state index in [1.165, 1.54) is 4.70 Å². The molecule has 0 amide bonds. The number of thiophene rings is 1. The Hall–Kier alpha value is -0.970.